The van der Waals surface area contributed by atoms with Crippen LogP contribution in [0.1, 0.15) is 24.8 Å². The van der Waals surface area contributed by atoms with Crippen molar-refractivity contribution in [3.05, 3.63) is 29.8 Å². The molecule has 1 aliphatic rings. The number of rotatable bonds is 3. The quantitative estimate of drug-likeness (QED) is 0.865. The van der Waals surface area contributed by atoms with Crippen molar-refractivity contribution in [2.75, 3.05) is 18.5 Å². The van der Waals surface area contributed by atoms with E-state index < -0.39 is 0 Å². The van der Waals surface area contributed by atoms with Crippen molar-refractivity contribution in [1.82, 2.24) is 5.32 Å². The molecule has 1 aliphatic heterocycles. The molecule has 0 saturated carbocycles. The monoisotopic (exact) mass is 232 g/mol. The van der Waals surface area contributed by atoms with Crippen LogP contribution >= 0.6 is 0 Å². The van der Waals surface area contributed by atoms with E-state index in [9.17, 15) is 4.79 Å². The second-order valence-corrected chi connectivity index (χ2v) is 4.79. The smallest absolute Gasteiger partial charge is 0.228 e. The molecule has 1 fully saturated rings. The fraction of sp³-hybridized carbons (Fsp3) is 0.500. The van der Waals surface area contributed by atoms with Gasteiger partial charge in [0.25, 0.3) is 0 Å². The molecule has 1 amide bonds. The van der Waals surface area contributed by atoms with Crippen LogP contribution in [-0.4, -0.2) is 25.5 Å². The number of carbonyl (C=O) groups is 1. The molecule has 0 aliphatic carbocycles. The molecule has 2 rings (SSSR count). The minimum atomic E-state index is 0.188. The molecule has 3 heteroatoms. The lowest BCUT2D eigenvalue weighted by molar-refractivity contribution is -0.118. The first-order valence-corrected chi connectivity index (χ1v) is 6.23. The van der Waals surface area contributed by atoms with Crippen LogP contribution in [0.15, 0.2) is 24.3 Å². The Morgan fingerprint density at radius 1 is 1.41 bits per heavy atom. The maximum absolute atomic E-state index is 12.1. The molecule has 1 N–H and O–H groups in total. The zero-order valence-electron chi connectivity index (χ0n) is 10.6. The summed E-state index contributed by atoms with van der Waals surface area (Å²) in [6, 6.07) is 8.43. The number of hydrogen-bond acceptors (Lipinski definition) is 2. The number of carbonyl (C=O) groups excluding carboxylic acids is 1. The molecule has 1 aromatic rings. The van der Waals surface area contributed by atoms with Crippen molar-refractivity contribution >= 4 is 11.6 Å². The van der Waals surface area contributed by atoms with Crippen LogP contribution in [-0.2, 0) is 4.79 Å². The Kier molecular flexibility index (Phi) is 3.79. The number of anilines is 1. The van der Waals surface area contributed by atoms with Gasteiger partial charge in [0.1, 0.15) is 0 Å². The van der Waals surface area contributed by atoms with Crippen LogP contribution in [0.4, 0.5) is 5.69 Å². The minimum absolute atomic E-state index is 0.188. The molecule has 3 nitrogen and oxygen atoms in total. The van der Waals surface area contributed by atoms with Crippen LogP contribution < -0.4 is 10.2 Å². The van der Waals surface area contributed by atoms with Crippen molar-refractivity contribution in [1.29, 1.82) is 0 Å². The van der Waals surface area contributed by atoms with Gasteiger partial charge in [0.2, 0.25) is 5.91 Å². The van der Waals surface area contributed by atoms with Gasteiger partial charge in [-0.1, -0.05) is 17.7 Å². The summed E-state index contributed by atoms with van der Waals surface area (Å²) in [4.78, 5) is 13.8. The Balaban J connectivity index is 1.96. The Labute approximate surface area is 103 Å². The summed E-state index contributed by atoms with van der Waals surface area (Å²) < 4.78 is 0. The third kappa shape index (κ3) is 3.07. The number of benzene rings is 1. The molecule has 1 saturated heterocycles. The lowest BCUT2D eigenvalue weighted by Gasteiger charge is -2.19. The Bertz CT molecular complexity index is 380. The van der Waals surface area contributed by atoms with E-state index in [2.05, 4.69) is 5.32 Å². The third-order valence-electron chi connectivity index (χ3n) is 3.38. The second-order valence-electron chi connectivity index (χ2n) is 4.79. The van der Waals surface area contributed by atoms with Gasteiger partial charge in [-0.3, -0.25) is 4.79 Å². The second kappa shape index (κ2) is 5.32. The number of nitrogens with one attached hydrogen (secondary N) is 1. The van der Waals surface area contributed by atoms with Gasteiger partial charge in [0.15, 0.2) is 0 Å². The molecule has 1 heterocycles. The van der Waals surface area contributed by atoms with Crippen molar-refractivity contribution in [2.24, 2.45) is 0 Å². The lowest BCUT2D eigenvalue weighted by Crippen LogP contribution is -2.33. The summed E-state index contributed by atoms with van der Waals surface area (Å²) in [6.45, 7) is 3.10. The summed E-state index contributed by atoms with van der Waals surface area (Å²) in [6.07, 6.45) is 2.91. The first kappa shape index (κ1) is 12.1. The standard InChI is InChI=1S/C14H20N2O/c1-11-5-7-13(8-6-11)16(2)14(17)10-12-4-3-9-15-12/h5-8,12,15H,3-4,9-10H2,1-2H3. The fourth-order valence-electron chi connectivity index (χ4n) is 2.19. The fourth-order valence-corrected chi connectivity index (χ4v) is 2.19. The summed E-state index contributed by atoms with van der Waals surface area (Å²) in [7, 11) is 1.85. The molecular formula is C14H20N2O. The predicted molar refractivity (Wildman–Crippen MR) is 70.2 cm³/mol. The van der Waals surface area contributed by atoms with E-state index >= 15 is 0 Å². The lowest BCUT2D eigenvalue weighted by atomic mass is 10.1. The van der Waals surface area contributed by atoms with Crippen LogP contribution in [0.2, 0.25) is 0 Å². The van der Waals surface area contributed by atoms with Crippen molar-refractivity contribution in [3.8, 4) is 0 Å². The van der Waals surface area contributed by atoms with Crippen molar-refractivity contribution in [2.45, 2.75) is 32.2 Å². The highest BCUT2D eigenvalue weighted by atomic mass is 16.2. The molecule has 0 bridgehead atoms. The third-order valence-corrected chi connectivity index (χ3v) is 3.38. The predicted octanol–water partition coefficient (Wildman–Crippen LogP) is 2.10. The van der Waals surface area contributed by atoms with E-state index in [0.29, 0.717) is 12.5 Å². The van der Waals surface area contributed by atoms with Gasteiger partial charge >= 0.3 is 0 Å². The number of hydrogen-bond donors (Lipinski definition) is 1. The van der Waals surface area contributed by atoms with Gasteiger partial charge in [-0.2, -0.15) is 0 Å². The number of amides is 1. The van der Waals surface area contributed by atoms with Gasteiger partial charge in [-0.15, -0.1) is 0 Å². The van der Waals surface area contributed by atoms with Gasteiger partial charge in [-0.05, 0) is 38.4 Å². The van der Waals surface area contributed by atoms with Crippen LogP contribution in [0.5, 0.6) is 0 Å². The summed E-state index contributed by atoms with van der Waals surface area (Å²) in [5, 5.41) is 3.36. The van der Waals surface area contributed by atoms with Crippen molar-refractivity contribution in [3.63, 3.8) is 0 Å². The number of aryl methyl sites for hydroxylation is 1. The molecule has 92 valence electrons. The Hall–Kier alpha value is -1.35. The first-order valence-electron chi connectivity index (χ1n) is 6.23. The molecule has 1 atom stereocenters. The van der Waals surface area contributed by atoms with E-state index in [1.807, 2.05) is 38.2 Å². The average Bonchev–Trinajstić information content (AvgIpc) is 2.82. The van der Waals surface area contributed by atoms with Gasteiger partial charge < -0.3 is 10.2 Å². The highest BCUT2D eigenvalue weighted by Crippen LogP contribution is 2.16. The topological polar surface area (TPSA) is 32.3 Å². The van der Waals surface area contributed by atoms with E-state index in [1.165, 1.54) is 12.0 Å². The summed E-state index contributed by atoms with van der Waals surface area (Å²) in [5.74, 6) is 0.188. The van der Waals surface area contributed by atoms with E-state index in [0.717, 1.165) is 18.7 Å². The van der Waals surface area contributed by atoms with Gasteiger partial charge in [0, 0.05) is 25.2 Å². The molecular weight excluding hydrogens is 212 g/mol. The van der Waals surface area contributed by atoms with Crippen molar-refractivity contribution < 1.29 is 4.79 Å². The van der Waals surface area contributed by atoms with E-state index in [-0.39, 0.29) is 5.91 Å². The normalized spacial score (nSPS) is 19.3. The Morgan fingerprint density at radius 2 is 2.12 bits per heavy atom. The molecule has 1 aromatic carbocycles. The zero-order chi connectivity index (χ0) is 12.3. The molecule has 0 radical (unpaired) electrons. The molecule has 1 unspecified atom stereocenters. The average molecular weight is 232 g/mol. The largest absolute Gasteiger partial charge is 0.315 e. The Morgan fingerprint density at radius 3 is 2.71 bits per heavy atom. The summed E-state index contributed by atoms with van der Waals surface area (Å²) in [5.41, 5.74) is 2.19. The molecule has 17 heavy (non-hydrogen) atoms. The molecule has 0 aromatic heterocycles. The number of nitrogens with zero attached hydrogens (tertiary/aromatic N) is 1. The SMILES string of the molecule is Cc1ccc(N(C)C(=O)CC2CCCN2)cc1. The maximum Gasteiger partial charge on any atom is 0.228 e. The zero-order valence-corrected chi connectivity index (χ0v) is 10.6. The van der Waals surface area contributed by atoms with Crippen LogP contribution in [0.3, 0.4) is 0 Å². The minimum Gasteiger partial charge on any atom is -0.315 e. The van der Waals surface area contributed by atoms with Gasteiger partial charge in [-0.25, -0.2) is 0 Å². The highest BCUT2D eigenvalue weighted by Gasteiger charge is 2.20. The van der Waals surface area contributed by atoms with Crippen LogP contribution in [0.25, 0.3) is 0 Å². The first-order chi connectivity index (χ1) is 8.16. The van der Waals surface area contributed by atoms with Crippen LogP contribution in [0, 0.1) is 6.92 Å². The molecule has 0 spiro atoms. The van der Waals surface area contributed by atoms with Gasteiger partial charge in [0.05, 0.1) is 0 Å². The summed E-state index contributed by atoms with van der Waals surface area (Å²) >= 11 is 0. The maximum atomic E-state index is 12.1. The van der Waals surface area contributed by atoms with E-state index in [1.54, 1.807) is 4.90 Å². The van der Waals surface area contributed by atoms with E-state index in [4.69, 9.17) is 0 Å². The highest BCUT2D eigenvalue weighted by molar-refractivity contribution is 5.93.